The molecule has 0 saturated carbocycles. The van der Waals surface area contributed by atoms with Gasteiger partial charge in [-0.2, -0.15) is 0 Å². The van der Waals surface area contributed by atoms with Gasteiger partial charge in [0.1, 0.15) is 6.61 Å². The molecule has 6 heteroatoms. The van der Waals surface area contributed by atoms with Crippen molar-refractivity contribution in [1.29, 1.82) is 0 Å². The molecule has 0 spiro atoms. The molecule has 6 nitrogen and oxygen atoms in total. The lowest BCUT2D eigenvalue weighted by Crippen LogP contribution is -2.28. The summed E-state index contributed by atoms with van der Waals surface area (Å²) in [6, 6.07) is 0. The van der Waals surface area contributed by atoms with Gasteiger partial charge in [-0.1, -0.05) is 139 Å². The van der Waals surface area contributed by atoms with E-state index in [1.54, 1.807) is 0 Å². The first-order valence-corrected chi connectivity index (χ1v) is 18.3. The van der Waals surface area contributed by atoms with Gasteiger partial charge in [0.05, 0.1) is 6.61 Å². The van der Waals surface area contributed by atoms with Crippen molar-refractivity contribution < 1.29 is 29.3 Å². The molecule has 0 radical (unpaired) electrons. The first-order valence-electron chi connectivity index (χ1n) is 18.3. The molecule has 2 N–H and O–H groups in total. The van der Waals surface area contributed by atoms with Gasteiger partial charge in [-0.05, 0) is 57.8 Å². The maximum absolute atomic E-state index is 12.1. The lowest BCUT2D eigenvalue weighted by molar-refractivity contribution is -0.161. The Morgan fingerprint density at radius 3 is 1.49 bits per heavy atom. The molecular weight excluding hydrogens is 564 g/mol. The Morgan fingerprint density at radius 2 is 0.978 bits per heavy atom. The highest BCUT2D eigenvalue weighted by Gasteiger charge is 2.15. The van der Waals surface area contributed by atoms with Gasteiger partial charge in [-0.3, -0.25) is 9.59 Å². The van der Waals surface area contributed by atoms with E-state index >= 15 is 0 Å². The summed E-state index contributed by atoms with van der Waals surface area (Å²) in [5.41, 5.74) is 0. The average molecular weight is 633 g/mol. The fraction of sp³-hybridized carbons (Fsp3) is 0.744. The van der Waals surface area contributed by atoms with Crippen molar-refractivity contribution >= 4 is 11.9 Å². The Kier molecular flexibility index (Phi) is 34.5. The molecule has 0 unspecified atom stereocenters. The summed E-state index contributed by atoms with van der Waals surface area (Å²) in [7, 11) is 0. The normalized spacial score (nSPS) is 12.7. The van der Waals surface area contributed by atoms with Gasteiger partial charge in [0.25, 0.3) is 0 Å². The maximum Gasteiger partial charge on any atom is 0.306 e. The van der Waals surface area contributed by atoms with Crippen molar-refractivity contribution in [3.05, 3.63) is 48.6 Å². The summed E-state index contributed by atoms with van der Waals surface area (Å²) in [6.07, 6.45) is 41.8. The first-order chi connectivity index (χ1) is 22.1. The van der Waals surface area contributed by atoms with Crippen LogP contribution < -0.4 is 0 Å². The van der Waals surface area contributed by atoms with Crippen LogP contribution in [0.2, 0.25) is 0 Å². The highest BCUT2D eigenvalue weighted by Crippen LogP contribution is 2.13. The molecule has 0 aromatic heterocycles. The minimum Gasteiger partial charge on any atom is -0.462 e. The molecule has 0 saturated heterocycles. The Balaban J connectivity index is 3.68. The van der Waals surface area contributed by atoms with Gasteiger partial charge >= 0.3 is 11.9 Å². The number of carbonyl (C=O) groups excluding carboxylic acids is 2. The quantitative estimate of drug-likeness (QED) is 0.0425. The van der Waals surface area contributed by atoms with Gasteiger partial charge in [0.15, 0.2) is 6.10 Å². The number of aliphatic hydroxyl groups excluding tert-OH is 2. The third kappa shape index (κ3) is 34.5. The van der Waals surface area contributed by atoms with E-state index in [9.17, 15) is 14.7 Å². The van der Waals surface area contributed by atoms with Crippen LogP contribution in [0.1, 0.15) is 161 Å². The van der Waals surface area contributed by atoms with E-state index in [1.807, 2.05) is 0 Å². The summed E-state index contributed by atoms with van der Waals surface area (Å²) < 4.78 is 10.5. The molecule has 45 heavy (non-hydrogen) atoms. The van der Waals surface area contributed by atoms with Gasteiger partial charge in [0.2, 0.25) is 0 Å². The largest absolute Gasteiger partial charge is 0.462 e. The highest BCUT2D eigenvalue weighted by atomic mass is 16.6. The van der Waals surface area contributed by atoms with Crippen LogP contribution >= 0.6 is 0 Å². The van der Waals surface area contributed by atoms with Crippen molar-refractivity contribution in [2.45, 2.75) is 167 Å². The standard InChI is InChI=1S/C39H68O6/c1-2-3-4-5-6-7-8-14-17-20-23-26-29-32-38(42)44-36-37(35-41)45-39(43)33-30-27-24-21-18-15-12-10-9-11-13-16-19-22-25-28-31-34-40/h9,11-12,15-16,19,21,24,37,40-41H,2-8,10,13-14,17-18,20,22-23,25-36H2,1H3/b11-9-,15-12-,19-16-,24-21-/t37-/m0/s1. The summed E-state index contributed by atoms with van der Waals surface area (Å²) >= 11 is 0. The number of hydrogen-bond donors (Lipinski definition) is 2. The molecule has 0 fully saturated rings. The zero-order chi connectivity index (χ0) is 32.9. The van der Waals surface area contributed by atoms with E-state index in [0.29, 0.717) is 19.4 Å². The van der Waals surface area contributed by atoms with Crippen molar-refractivity contribution in [3.63, 3.8) is 0 Å². The van der Waals surface area contributed by atoms with Crippen LogP contribution in [0.25, 0.3) is 0 Å². The lowest BCUT2D eigenvalue weighted by atomic mass is 10.0. The van der Waals surface area contributed by atoms with E-state index in [2.05, 4.69) is 55.5 Å². The second-order valence-corrected chi connectivity index (χ2v) is 12.0. The zero-order valence-corrected chi connectivity index (χ0v) is 28.8. The molecule has 0 rings (SSSR count). The van der Waals surface area contributed by atoms with Crippen LogP contribution in [-0.4, -0.2) is 48.1 Å². The van der Waals surface area contributed by atoms with Crippen molar-refractivity contribution in [3.8, 4) is 0 Å². The predicted octanol–water partition coefficient (Wildman–Crippen LogP) is 10.0. The van der Waals surface area contributed by atoms with Crippen LogP contribution in [-0.2, 0) is 19.1 Å². The van der Waals surface area contributed by atoms with Gasteiger partial charge < -0.3 is 19.7 Å². The molecule has 1 atom stereocenters. The van der Waals surface area contributed by atoms with Crippen molar-refractivity contribution in [2.75, 3.05) is 19.8 Å². The fourth-order valence-corrected chi connectivity index (χ4v) is 4.88. The molecule has 0 aromatic rings. The molecule has 0 aliphatic rings. The SMILES string of the molecule is CCCCCCCCCCCCCCCC(=O)OC[C@H](CO)OC(=O)CCC/C=C\C/C=C\C/C=C\C/C=C\CCCCCO. The minimum absolute atomic E-state index is 0.0935. The first kappa shape index (κ1) is 42.8. The number of allylic oxidation sites excluding steroid dienone is 8. The van der Waals surface area contributed by atoms with Crippen molar-refractivity contribution in [2.24, 2.45) is 0 Å². The Morgan fingerprint density at radius 1 is 0.533 bits per heavy atom. The van der Waals surface area contributed by atoms with E-state index in [4.69, 9.17) is 14.6 Å². The summed E-state index contributed by atoms with van der Waals surface area (Å²) in [6.45, 7) is 2.09. The Bertz CT molecular complexity index is 769. The summed E-state index contributed by atoms with van der Waals surface area (Å²) in [5, 5.41) is 18.3. The third-order valence-electron chi connectivity index (χ3n) is 7.68. The second-order valence-electron chi connectivity index (χ2n) is 12.0. The molecular formula is C39H68O6. The molecule has 0 amide bonds. The van der Waals surface area contributed by atoms with Gasteiger partial charge in [-0.25, -0.2) is 0 Å². The lowest BCUT2D eigenvalue weighted by Gasteiger charge is -2.15. The zero-order valence-electron chi connectivity index (χ0n) is 28.8. The molecule has 0 aromatic carbocycles. The number of esters is 2. The molecule has 0 aliphatic heterocycles. The van der Waals surface area contributed by atoms with Gasteiger partial charge in [-0.15, -0.1) is 0 Å². The third-order valence-corrected chi connectivity index (χ3v) is 7.68. The van der Waals surface area contributed by atoms with Gasteiger partial charge in [0, 0.05) is 19.4 Å². The van der Waals surface area contributed by atoms with Crippen LogP contribution in [0.3, 0.4) is 0 Å². The number of unbranched alkanes of at least 4 members (excludes halogenated alkanes) is 16. The second kappa shape index (κ2) is 36.3. The van der Waals surface area contributed by atoms with Crippen molar-refractivity contribution in [1.82, 2.24) is 0 Å². The maximum atomic E-state index is 12.1. The molecule has 0 aliphatic carbocycles. The van der Waals surface area contributed by atoms with Crippen LogP contribution in [0.5, 0.6) is 0 Å². The van der Waals surface area contributed by atoms with Crippen LogP contribution in [0.4, 0.5) is 0 Å². The topological polar surface area (TPSA) is 93.1 Å². The number of ether oxygens (including phenoxy) is 2. The minimum atomic E-state index is -0.804. The van der Waals surface area contributed by atoms with E-state index in [1.165, 1.54) is 64.2 Å². The Labute approximate surface area is 276 Å². The molecule has 0 bridgehead atoms. The van der Waals surface area contributed by atoms with E-state index < -0.39 is 6.10 Å². The monoisotopic (exact) mass is 633 g/mol. The molecule has 0 heterocycles. The number of carbonyl (C=O) groups is 2. The number of rotatable bonds is 33. The van der Waals surface area contributed by atoms with Crippen LogP contribution in [0, 0.1) is 0 Å². The number of aliphatic hydroxyl groups is 2. The average Bonchev–Trinajstić information content (AvgIpc) is 3.04. The highest BCUT2D eigenvalue weighted by molar-refractivity contribution is 5.70. The smallest absolute Gasteiger partial charge is 0.306 e. The summed E-state index contributed by atoms with van der Waals surface area (Å²) in [5.74, 6) is -0.671. The Hall–Kier alpha value is -2.18. The molecule has 260 valence electrons. The fourth-order valence-electron chi connectivity index (χ4n) is 4.88. The number of hydrogen-bond acceptors (Lipinski definition) is 6. The van der Waals surface area contributed by atoms with Crippen LogP contribution in [0.15, 0.2) is 48.6 Å². The summed E-state index contributed by atoms with van der Waals surface area (Å²) in [4.78, 5) is 24.1. The van der Waals surface area contributed by atoms with E-state index in [-0.39, 0.29) is 31.6 Å². The van der Waals surface area contributed by atoms with E-state index in [0.717, 1.165) is 70.6 Å². The predicted molar refractivity (Wildman–Crippen MR) is 188 cm³/mol.